The van der Waals surface area contributed by atoms with Crippen LogP contribution in [0.25, 0.3) is 0 Å². The number of amides is 1. The van der Waals surface area contributed by atoms with Gasteiger partial charge in [0.1, 0.15) is 5.75 Å². The Morgan fingerprint density at radius 3 is 2.33 bits per heavy atom. The lowest BCUT2D eigenvalue weighted by atomic mass is 10.1. The number of hydrogen-bond donors (Lipinski definition) is 0. The molecule has 1 aliphatic rings. The van der Waals surface area contributed by atoms with E-state index in [1.807, 2.05) is 0 Å². The number of benzene rings is 1. The maximum Gasteiger partial charge on any atom is 0.255 e. The van der Waals surface area contributed by atoms with Gasteiger partial charge in [-0.15, -0.1) is 0 Å². The van der Waals surface area contributed by atoms with Crippen LogP contribution >= 0.6 is 11.6 Å². The van der Waals surface area contributed by atoms with Crippen LogP contribution in [0, 0.1) is 0 Å². The van der Waals surface area contributed by atoms with Crippen molar-refractivity contribution in [3.8, 4) is 5.75 Å². The molecule has 1 aromatic carbocycles. The molecule has 0 saturated carbocycles. The van der Waals surface area contributed by atoms with E-state index in [4.69, 9.17) is 16.3 Å². The Bertz CT molecular complexity index is 640. The van der Waals surface area contributed by atoms with Crippen LogP contribution in [0.3, 0.4) is 0 Å². The highest BCUT2D eigenvalue weighted by molar-refractivity contribution is 7.88. The van der Waals surface area contributed by atoms with Gasteiger partial charge in [0.05, 0.1) is 24.0 Å². The third-order valence-electron chi connectivity index (χ3n) is 3.40. The third-order valence-corrected chi connectivity index (χ3v) is 5.02. The van der Waals surface area contributed by atoms with E-state index in [0.717, 1.165) is 0 Å². The van der Waals surface area contributed by atoms with Crippen molar-refractivity contribution < 1.29 is 17.9 Å². The summed E-state index contributed by atoms with van der Waals surface area (Å²) in [5.41, 5.74) is 0.394. The molecule has 2 rings (SSSR count). The van der Waals surface area contributed by atoms with Crippen LogP contribution in [0.1, 0.15) is 10.4 Å². The number of rotatable bonds is 3. The maximum absolute atomic E-state index is 12.4. The lowest BCUT2D eigenvalue weighted by molar-refractivity contribution is 0.0698. The van der Waals surface area contributed by atoms with E-state index in [9.17, 15) is 13.2 Å². The molecule has 1 aliphatic heterocycles. The van der Waals surface area contributed by atoms with Crippen molar-refractivity contribution in [1.29, 1.82) is 0 Å². The summed E-state index contributed by atoms with van der Waals surface area (Å²) >= 11 is 6.09. The zero-order chi connectivity index (χ0) is 15.6. The molecule has 6 nitrogen and oxygen atoms in total. The number of carbonyl (C=O) groups excluding carboxylic acids is 1. The number of sulfonamides is 1. The number of halogens is 1. The molecular formula is C13H17ClN2O4S. The summed E-state index contributed by atoms with van der Waals surface area (Å²) in [7, 11) is -1.68. The fraction of sp³-hybridized carbons (Fsp3) is 0.462. The molecular weight excluding hydrogens is 316 g/mol. The third kappa shape index (κ3) is 3.66. The zero-order valence-corrected chi connectivity index (χ0v) is 13.4. The second kappa shape index (κ2) is 6.21. The number of methoxy groups -OCH3 is 1. The summed E-state index contributed by atoms with van der Waals surface area (Å²) < 4.78 is 29.3. The summed E-state index contributed by atoms with van der Waals surface area (Å²) in [6, 6.07) is 4.87. The molecule has 0 aromatic heterocycles. The molecule has 0 N–H and O–H groups in total. The first kappa shape index (κ1) is 16.1. The summed E-state index contributed by atoms with van der Waals surface area (Å²) in [4.78, 5) is 14.0. The Morgan fingerprint density at radius 2 is 1.86 bits per heavy atom. The molecule has 0 unspecified atom stereocenters. The predicted molar refractivity (Wildman–Crippen MR) is 80.3 cm³/mol. The quantitative estimate of drug-likeness (QED) is 0.830. The van der Waals surface area contributed by atoms with Crippen LogP contribution in [0.4, 0.5) is 0 Å². The monoisotopic (exact) mass is 332 g/mol. The van der Waals surface area contributed by atoms with Crippen molar-refractivity contribution in [1.82, 2.24) is 9.21 Å². The molecule has 0 radical (unpaired) electrons. The summed E-state index contributed by atoms with van der Waals surface area (Å²) in [6.07, 6.45) is 1.17. The molecule has 8 heteroatoms. The van der Waals surface area contributed by atoms with Gasteiger partial charge in [-0.2, -0.15) is 4.31 Å². The fourth-order valence-corrected chi connectivity index (χ4v) is 3.27. The largest absolute Gasteiger partial charge is 0.497 e. The number of ether oxygens (including phenoxy) is 1. The van der Waals surface area contributed by atoms with Crippen molar-refractivity contribution in [2.24, 2.45) is 0 Å². The highest BCUT2D eigenvalue weighted by Gasteiger charge is 2.27. The van der Waals surface area contributed by atoms with E-state index in [1.54, 1.807) is 23.1 Å². The second-order valence-corrected chi connectivity index (χ2v) is 7.19. The van der Waals surface area contributed by atoms with Crippen LogP contribution in [0.5, 0.6) is 5.75 Å². The lowest BCUT2D eigenvalue weighted by Crippen LogP contribution is -2.50. The van der Waals surface area contributed by atoms with E-state index in [1.165, 1.54) is 17.7 Å². The van der Waals surface area contributed by atoms with Gasteiger partial charge in [0.15, 0.2) is 0 Å². The first-order chi connectivity index (χ1) is 9.82. The molecule has 1 amide bonds. The number of carbonyl (C=O) groups is 1. The Morgan fingerprint density at radius 1 is 1.24 bits per heavy atom. The smallest absolute Gasteiger partial charge is 0.255 e. The van der Waals surface area contributed by atoms with Gasteiger partial charge in [-0.1, -0.05) is 11.6 Å². The Kier molecular flexibility index (Phi) is 4.75. The SMILES string of the molecule is COc1ccc(C(=O)N2CCN(S(C)(=O)=O)CC2)c(Cl)c1. The average molecular weight is 333 g/mol. The maximum atomic E-state index is 12.4. The number of nitrogens with zero attached hydrogens (tertiary/aromatic N) is 2. The van der Waals surface area contributed by atoms with Crippen molar-refractivity contribution in [2.45, 2.75) is 0 Å². The highest BCUT2D eigenvalue weighted by Crippen LogP contribution is 2.24. The van der Waals surface area contributed by atoms with E-state index in [2.05, 4.69) is 0 Å². The molecule has 1 fully saturated rings. The van der Waals surface area contributed by atoms with Crippen LogP contribution in [0.15, 0.2) is 18.2 Å². The average Bonchev–Trinajstić information content (AvgIpc) is 2.45. The molecule has 1 heterocycles. The lowest BCUT2D eigenvalue weighted by Gasteiger charge is -2.33. The van der Waals surface area contributed by atoms with Crippen molar-refractivity contribution in [3.63, 3.8) is 0 Å². The van der Waals surface area contributed by atoms with Gasteiger partial charge in [0.2, 0.25) is 10.0 Å². The minimum absolute atomic E-state index is 0.198. The van der Waals surface area contributed by atoms with E-state index < -0.39 is 10.0 Å². The summed E-state index contributed by atoms with van der Waals surface area (Å²) in [5, 5.41) is 0.324. The summed E-state index contributed by atoms with van der Waals surface area (Å²) in [6.45, 7) is 1.32. The topological polar surface area (TPSA) is 66.9 Å². The van der Waals surface area contributed by atoms with Crippen LogP contribution in [-0.2, 0) is 10.0 Å². The fourth-order valence-electron chi connectivity index (χ4n) is 2.19. The van der Waals surface area contributed by atoms with Gasteiger partial charge in [0.25, 0.3) is 5.91 Å². The predicted octanol–water partition coefficient (Wildman–Crippen LogP) is 1.07. The summed E-state index contributed by atoms with van der Waals surface area (Å²) in [5.74, 6) is 0.384. The molecule has 1 aromatic rings. The van der Waals surface area contributed by atoms with Gasteiger partial charge in [-0.05, 0) is 18.2 Å². The Hall–Kier alpha value is -1.31. The molecule has 21 heavy (non-hydrogen) atoms. The van der Waals surface area contributed by atoms with Crippen LogP contribution in [0.2, 0.25) is 5.02 Å². The van der Waals surface area contributed by atoms with Gasteiger partial charge >= 0.3 is 0 Å². The van der Waals surface area contributed by atoms with Crippen LogP contribution in [-0.4, -0.2) is 63.1 Å². The van der Waals surface area contributed by atoms with Crippen molar-refractivity contribution in [3.05, 3.63) is 28.8 Å². The van der Waals surface area contributed by atoms with Gasteiger partial charge in [-0.25, -0.2) is 8.42 Å². The molecule has 0 atom stereocenters. The minimum atomic E-state index is -3.20. The second-order valence-electron chi connectivity index (χ2n) is 4.80. The number of piperazine rings is 1. The van der Waals surface area contributed by atoms with Gasteiger partial charge in [-0.3, -0.25) is 4.79 Å². The van der Waals surface area contributed by atoms with Crippen molar-refractivity contribution >= 4 is 27.5 Å². The Balaban J connectivity index is 2.09. The number of hydrogen-bond acceptors (Lipinski definition) is 4. The molecule has 0 spiro atoms. The Labute approximate surface area is 129 Å². The van der Waals surface area contributed by atoms with E-state index >= 15 is 0 Å². The highest BCUT2D eigenvalue weighted by atomic mass is 35.5. The van der Waals surface area contributed by atoms with Crippen molar-refractivity contribution in [2.75, 3.05) is 39.5 Å². The molecule has 0 aliphatic carbocycles. The zero-order valence-electron chi connectivity index (χ0n) is 11.9. The first-order valence-corrected chi connectivity index (χ1v) is 8.63. The normalized spacial score (nSPS) is 16.8. The first-order valence-electron chi connectivity index (χ1n) is 6.41. The van der Waals surface area contributed by atoms with E-state index in [0.29, 0.717) is 42.5 Å². The van der Waals surface area contributed by atoms with Gasteiger partial charge in [0, 0.05) is 26.2 Å². The standard InChI is InChI=1S/C13H17ClN2O4S/c1-20-10-3-4-11(12(14)9-10)13(17)15-5-7-16(8-6-15)21(2,18)19/h3-4,9H,5-8H2,1-2H3. The molecule has 116 valence electrons. The van der Waals surface area contributed by atoms with E-state index in [-0.39, 0.29) is 5.91 Å². The van der Waals surface area contributed by atoms with Crippen LogP contribution < -0.4 is 4.74 Å². The minimum Gasteiger partial charge on any atom is -0.497 e. The molecule has 0 bridgehead atoms. The van der Waals surface area contributed by atoms with Gasteiger partial charge < -0.3 is 9.64 Å². The molecule has 1 saturated heterocycles.